The predicted molar refractivity (Wildman–Crippen MR) is 69.0 cm³/mol. The summed E-state index contributed by atoms with van der Waals surface area (Å²) in [7, 11) is 1.29. The summed E-state index contributed by atoms with van der Waals surface area (Å²) in [6.45, 7) is 1.56. The molecule has 0 heterocycles. The number of nitrogens with one attached hydrogen (secondary N) is 1. The zero-order valence-electron chi connectivity index (χ0n) is 11.4. The van der Waals surface area contributed by atoms with Crippen molar-refractivity contribution in [2.45, 2.75) is 57.9 Å². The van der Waals surface area contributed by atoms with E-state index in [1.54, 1.807) is 0 Å². The monoisotopic (exact) mass is 259 g/mol. The number of methoxy groups -OCH3 is 1. The summed E-state index contributed by atoms with van der Waals surface area (Å²) in [5, 5.41) is 11.1. The molecule has 0 aliphatic rings. The number of aliphatic hydroxyl groups excluding tert-OH is 1. The average Bonchev–Trinajstić information content (AvgIpc) is 2.40. The van der Waals surface area contributed by atoms with E-state index in [0.717, 1.165) is 19.3 Å². The lowest BCUT2D eigenvalue weighted by atomic mass is 10.1. The number of esters is 1. The highest BCUT2D eigenvalue weighted by Crippen LogP contribution is 2.09. The molecule has 18 heavy (non-hydrogen) atoms. The number of hydrogen-bond acceptors (Lipinski definition) is 4. The molecule has 0 fully saturated rings. The van der Waals surface area contributed by atoms with Gasteiger partial charge >= 0.3 is 5.97 Å². The van der Waals surface area contributed by atoms with Gasteiger partial charge in [-0.05, 0) is 6.42 Å². The van der Waals surface area contributed by atoms with Gasteiger partial charge in [0.15, 0.2) is 0 Å². The molecular formula is C13H25NO4. The molecule has 0 radical (unpaired) electrons. The Morgan fingerprint density at radius 3 is 2.33 bits per heavy atom. The lowest BCUT2D eigenvalue weighted by molar-refractivity contribution is -0.145. The number of amides is 1. The summed E-state index contributed by atoms with van der Waals surface area (Å²) in [5.74, 6) is -0.998. The van der Waals surface area contributed by atoms with Crippen LogP contribution in [0.4, 0.5) is 0 Å². The van der Waals surface area contributed by atoms with Crippen LogP contribution < -0.4 is 5.32 Å². The zero-order valence-corrected chi connectivity index (χ0v) is 11.4. The Kier molecular flexibility index (Phi) is 10.3. The number of carbonyl (C=O) groups excluding carboxylic acids is 2. The highest BCUT2D eigenvalue weighted by Gasteiger charge is 2.20. The highest BCUT2D eigenvalue weighted by atomic mass is 16.5. The van der Waals surface area contributed by atoms with Gasteiger partial charge < -0.3 is 15.2 Å². The van der Waals surface area contributed by atoms with Gasteiger partial charge in [0.2, 0.25) is 5.91 Å². The second-order valence-electron chi connectivity index (χ2n) is 4.36. The highest BCUT2D eigenvalue weighted by molar-refractivity contribution is 5.84. The van der Waals surface area contributed by atoms with Crippen molar-refractivity contribution in [3.63, 3.8) is 0 Å². The fourth-order valence-electron chi connectivity index (χ4n) is 1.76. The summed E-state index contributed by atoms with van der Waals surface area (Å²) < 4.78 is 4.62. The van der Waals surface area contributed by atoms with Crippen molar-refractivity contribution in [2.75, 3.05) is 13.7 Å². The number of carbonyl (C=O) groups is 2. The van der Waals surface area contributed by atoms with Crippen molar-refractivity contribution >= 4 is 11.9 Å². The largest absolute Gasteiger partial charge is 0.467 e. The summed E-state index contributed by atoms with van der Waals surface area (Å²) in [5.41, 5.74) is 0. The minimum atomic E-state index is -0.638. The molecule has 0 unspecified atom stereocenters. The van der Waals surface area contributed by atoms with Gasteiger partial charge in [-0.2, -0.15) is 0 Å². The standard InChI is InChI=1S/C13H25NO4/c1-3-4-5-6-7-8-9-11(13(17)18-2)14-12(16)10-15/h11,15H,3-10H2,1-2H3,(H,14,16)/t11-/m1/s1. The molecule has 0 spiro atoms. The van der Waals surface area contributed by atoms with Crippen molar-refractivity contribution in [3.05, 3.63) is 0 Å². The Hall–Kier alpha value is -1.10. The van der Waals surface area contributed by atoms with Crippen LogP contribution in [0.3, 0.4) is 0 Å². The summed E-state index contributed by atoms with van der Waals surface area (Å²) in [6, 6.07) is -0.638. The second kappa shape index (κ2) is 11.0. The molecule has 5 heteroatoms. The first kappa shape index (κ1) is 16.9. The molecule has 2 N–H and O–H groups in total. The maximum Gasteiger partial charge on any atom is 0.328 e. The van der Waals surface area contributed by atoms with E-state index in [0.29, 0.717) is 6.42 Å². The number of hydrogen-bond donors (Lipinski definition) is 2. The fraction of sp³-hybridized carbons (Fsp3) is 0.846. The first-order chi connectivity index (χ1) is 8.65. The van der Waals surface area contributed by atoms with Gasteiger partial charge in [0.1, 0.15) is 12.6 Å². The van der Waals surface area contributed by atoms with Crippen molar-refractivity contribution in [2.24, 2.45) is 0 Å². The molecule has 0 bridgehead atoms. The van der Waals surface area contributed by atoms with E-state index in [1.165, 1.54) is 26.4 Å². The van der Waals surface area contributed by atoms with Crippen molar-refractivity contribution in [1.82, 2.24) is 5.32 Å². The van der Waals surface area contributed by atoms with Gasteiger partial charge in [0.25, 0.3) is 0 Å². The van der Waals surface area contributed by atoms with Crippen LogP contribution in [0.2, 0.25) is 0 Å². The van der Waals surface area contributed by atoms with Crippen LogP contribution in [0.5, 0.6) is 0 Å². The van der Waals surface area contributed by atoms with Gasteiger partial charge in [-0.3, -0.25) is 4.79 Å². The third kappa shape index (κ3) is 8.06. The Morgan fingerprint density at radius 2 is 1.78 bits per heavy atom. The first-order valence-corrected chi connectivity index (χ1v) is 6.63. The Morgan fingerprint density at radius 1 is 1.17 bits per heavy atom. The Labute approximate surface area is 109 Å². The van der Waals surface area contributed by atoms with Crippen LogP contribution in [0, 0.1) is 0 Å². The van der Waals surface area contributed by atoms with Crippen molar-refractivity contribution in [1.29, 1.82) is 0 Å². The third-order valence-electron chi connectivity index (χ3n) is 2.81. The van der Waals surface area contributed by atoms with E-state index in [-0.39, 0.29) is 0 Å². The van der Waals surface area contributed by atoms with E-state index in [4.69, 9.17) is 5.11 Å². The second-order valence-corrected chi connectivity index (χ2v) is 4.36. The van der Waals surface area contributed by atoms with Crippen molar-refractivity contribution in [3.8, 4) is 0 Å². The van der Waals surface area contributed by atoms with Gasteiger partial charge in [0, 0.05) is 0 Å². The summed E-state index contributed by atoms with van der Waals surface area (Å²) >= 11 is 0. The molecular weight excluding hydrogens is 234 g/mol. The molecule has 1 atom stereocenters. The summed E-state index contributed by atoms with van der Waals surface area (Å²) in [4.78, 5) is 22.5. The number of ether oxygens (including phenoxy) is 1. The molecule has 1 amide bonds. The predicted octanol–water partition coefficient (Wildman–Crippen LogP) is 1.39. The van der Waals surface area contributed by atoms with Gasteiger partial charge in [0.05, 0.1) is 7.11 Å². The van der Waals surface area contributed by atoms with Crippen LogP contribution in [-0.2, 0) is 14.3 Å². The third-order valence-corrected chi connectivity index (χ3v) is 2.81. The molecule has 0 aliphatic carbocycles. The zero-order chi connectivity index (χ0) is 13.8. The van der Waals surface area contributed by atoms with Crippen LogP contribution in [0.1, 0.15) is 51.9 Å². The minimum absolute atomic E-state index is 0.453. The molecule has 0 aromatic heterocycles. The molecule has 0 saturated carbocycles. The Balaban J connectivity index is 3.87. The maximum atomic E-state index is 11.4. The van der Waals surface area contributed by atoms with E-state index in [2.05, 4.69) is 17.0 Å². The van der Waals surface area contributed by atoms with E-state index in [1.807, 2.05) is 0 Å². The minimum Gasteiger partial charge on any atom is -0.467 e. The topological polar surface area (TPSA) is 75.6 Å². The number of aliphatic hydroxyl groups is 1. The maximum absolute atomic E-state index is 11.4. The molecule has 0 aliphatic heterocycles. The van der Waals surface area contributed by atoms with Crippen LogP contribution in [0.25, 0.3) is 0 Å². The van der Waals surface area contributed by atoms with Gasteiger partial charge in [-0.1, -0.05) is 45.4 Å². The summed E-state index contributed by atoms with van der Waals surface area (Å²) in [6.07, 6.45) is 7.28. The van der Waals surface area contributed by atoms with Gasteiger partial charge in [-0.25, -0.2) is 4.79 Å². The fourth-order valence-corrected chi connectivity index (χ4v) is 1.76. The molecule has 0 saturated heterocycles. The normalized spacial score (nSPS) is 11.9. The molecule has 0 aromatic rings. The quantitative estimate of drug-likeness (QED) is 0.459. The van der Waals surface area contributed by atoms with Crippen LogP contribution in [0.15, 0.2) is 0 Å². The SMILES string of the molecule is CCCCCCCC[C@@H](NC(=O)CO)C(=O)OC. The Bertz CT molecular complexity index is 243. The van der Waals surface area contributed by atoms with Crippen LogP contribution >= 0.6 is 0 Å². The van der Waals surface area contributed by atoms with Gasteiger partial charge in [-0.15, -0.1) is 0 Å². The molecule has 106 valence electrons. The van der Waals surface area contributed by atoms with E-state index in [9.17, 15) is 9.59 Å². The first-order valence-electron chi connectivity index (χ1n) is 6.63. The van der Waals surface area contributed by atoms with Crippen LogP contribution in [-0.4, -0.2) is 36.7 Å². The average molecular weight is 259 g/mol. The molecule has 0 rings (SSSR count). The van der Waals surface area contributed by atoms with E-state index < -0.39 is 24.5 Å². The smallest absolute Gasteiger partial charge is 0.328 e. The lowest BCUT2D eigenvalue weighted by Crippen LogP contribution is -2.42. The lowest BCUT2D eigenvalue weighted by Gasteiger charge is -2.15. The number of rotatable bonds is 10. The molecule has 0 aromatic carbocycles. The van der Waals surface area contributed by atoms with Crippen molar-refractivity contribution < 1.29 is 19.4 Å². The van der Waals surface area contributed by atoms with E-state index >= 15 is 0 Å². The molecule has 5 nitrogen and oxygen atoms in total. The number of unbranched alkanes of at least 4 members (excludes halogenated alkanes) is 5.